The Bertz CT molecular complexity index is 856. The number of aryl methyl sites for hydroxylation is 1. The number of nitrogen functional groups attached to an aromatic ring is 1. The van der Waals surface area contributed by atoms with Crippen molar-refractivity contribution >= 4 is 17.0 Å². The highest BCUT2D eigenvalue weighted by Crippen LogP contribution is 2.31. The van der Waals surface area contributed by atoms with Crippen LogP contribution in [-0.2, 0) is 18.4 Å². The van der Waals surface area contributed by atoms with Crippen molar-refractivity contribution in [1.82, 2.24) is 19.5 Å². The van der Waals surface area contributed by atoms with E-state index in [2.05, 4.69) is 15.0 Å². The zero-order valence-corrected chi connectivity index (χ0v) is 13.5. The first-order valence-corrected chi connectivity index (χ1v) is 8.00. The van der Waals surface area contributed by atoms with Crippen LogP contribution in [0.3, 0.4) is 0 Å². The third-order valence-electron chi connectivity index (χ3n) is 4.19. The van der Waals surface area contributed by atoms with E-state index in [-0.39, 0.29) is 12.1 Å². The van der Waals surface area contributed by atoms with Gasteiger partial charge in [0.05, 0.1) is 0 Å². The monoisotopic (exact) mass is 325 g/mol. The standard InChI is InChI=1S/C17H19N5O2/c1-22-15(12-8-5-9-23-12)19-13-14(18)20-17(21-16(13)22)24-10-11-6-3-2-4-7-11/h2-4,6-7,12H,5,8-10H2,1H3,(H2,18,20,21). The maximum Gasteiger partial charge on any atom is 0.320 e. The van der Waals surface area contributed by atoms with Crippen LogP contribution in [0.1, 0.15) is 30.3 Å². The lowest BCUT2D eigenvalue weighted by Gasteiger charge is -2.08. The molecule has 7 nitrogen and oxygen atoms in total. The molecule has 0 aliphatic carbocycles. The van der Waals surface area contributed by atoms with Crippen LogP contribution in [0.25, 0.3) is 11.2 Å². The molecule has 1 aromatic carbocycles. The smallest absolute Gasteiger partial charge is 0.320 e. The van der Waals surface area contributed by atoms with Crippen molar-refractivity contribution in [1.29, 1.82) is 0 Å². The summed E-state index contributed by atoms with van der Waals surface area (Å²) >= 11 is 0. The number of nitrogens with zero attached hydrogens (tertiary/aromatic N) is 4. The molecule has 1 atom stereocenters. The molecule has 2 N–H and O–H groups in total. The van der Waals surface area contributed by atoms with Gasteiger partial charge in [-0.3, -0.25) is 0 Å². The van der Waals surface area contributed by atoms with Crippen molar-refractivity contribution in [2.24, 2.45) is 7.05 Å². The van der Waals surface area contributed by atoms with Crippen molar-refractivity contribution in [2.75, 3.05) is 12.3 Å². The maximum absolute atomic E-state index is 6.06. The molecule has 0 amide bonds. The minimum absolute atomic E-state index is 0.00251. The predicted octanol–water partition coefficient (Wildman–Crippen LogP) is 2.38. The minimum Gasteiger partial charge on any atom is -0.458 e. The van der Waals surface area contributed by atoms with Crippen LogP contribution in [0.15, 0.2) is 30.3 Å². The topological polar surface area (TPSA) is 88.1 Å². The Hall–Kier alpha value is -2.67. The van der Waals surface area contributed by atoms with E-state index in [1.165, 1.54) is 0 Å². The number of benzene rings is 1. The second-order valence-electron chi connectivity index (χ2n) is 5.87. The molecule has 124 valence electrons. The highest BCUT2D eigenvalue weighted by atomic mass is 16.5. The van der Waals surface area contributed by atoms with Gasteiger partial charge in [-0.25, -0.2) is 4.98 Å². The summed E-state index contributed by atoms with van der Waals surface area (Å²) in [4.78, 5) is 13.3. The highest BCUT2D eigenvalue weighted by Gasteiger charge is 2.25. The van der Waals surface area contributed by atoms with Crippen LogP contribution < -0.4 is 10.5 Å². The Labute approximate surface area is 139 Å². The molecule has 1 aliphatic heterocycles. The molecule has 3 heterocycles. The van der Waals surface area contributed by atoms with E-state index < -0.39 is 0 Å². The number of ether oxygens (including phenoxy) is 2. The van der Waals surface area contributed by atoms with Crippen molar-refractivity contribution in [3.05, 3.63) is 41.7 Å². The summed E-state index contributed by atoms with van der Waals surface area (Å²) in [7, 11) is 1.92. The van der Waals surface area contributed by atoms with E-state index in [1.807, 2.05) is 41.9 Å². The number of anilines is 1. The summed E-state index contributed by atoms with van der Waals surface area (Å²) in [6.45, 7) is 1.16. The van der Waals surface area contributed by atoms with E-state index in [4.69, 9.17) is 15.2 Å². The normalized spacial score (nSPS) is 17.5. The molecule has 1 unspecified atom stereocenters. The molecule has 2 aromatic heterocycles. The van der Waals surface area contributed by atoms with Gasteiger partial charge in [0, 0.05) is 13.7 Å². The van der Waals surface area contributed by atoms with Gasteiger partial charge < -0.3 is 19.8 Å². The van der Waals surface area contributed by atoms with Gasteiger partial charge in [-0.15, -0.1) is 0 Å². The summed E-state index contributed by atoms with van der Waals surface area (Å²) in [6.07, 6.45) is 2.00. The Morgan fingerprint density at radius 2 is 2.08 bits per heavy atom. The summed E-state index contributed by atoms with van der Waals surface area (Å²) in [5, 5.41) is 0. The highest BCUT2D eigenvalue weighted by molar-refractivity contribution is 5.82. The molecular weight excluding hydrogens is 306 g/mol. The average Bonchev–Trinajstić information content (AvgIpc) is 3.23. The lowest BCUT2D eigenvalue weighted by atomic mass is 10.2. The maximum atomic E-state index is 6.06. The average molecular weight is 325 g/mol. The Balaban J connectivity index is 1.64. The number of hydrogen-bond donors (Lipinski definition) is 1. The fraction of sp³-hybridized carbons (Fsp3) is 0.353. The molecule has 1 fully saturated rings. The van der Waals surface area contributed by atoms with Gasteiger partial charge in [0.1, 0.15) is 18.5 Å². The first kappa shape index (κ1) is 14.9. The largest absolute Gasteiger partial charge is 0.458 e. The molecule has 4 rings (SSSR count). The van der Waals surface area contributed by atoms with Crippen LogP contribution in [0.4, 0.5) is 5.82 Å². The molecule has 0 bridgehead atoms. The number of hydrogen-bond acceptors (Lipinski definition) is 6. The van der Waals surface area contributed by atoms with E-state index in [0.717, 1.165) is 30.8 Å². The second kappa shape index (κ2) is 6.09. The zero-order valence-electron chi connectivity index (χ0n) is 13.5. The van der Waals surface area contributed by atoms with Crippen molar-refractivity contribution in [3.8, 4) is 6.01 Å². The van der Waals surface area contributed by atoms with Crippen LogP contribution in [0.5, 0.6) is 6.01 Å². The number of nitrogens with two attached hydrogens (primary N) is 1. The van der Waals surface area contributed by atoms with E-state index in [1.54, 1.807) is 0 Å². The Morgan fingerprint density at radius 3 is 2.83 bits per heavy atom. The van der Waals surface area contributed by atoms with Crippen LogP contribution in [0.2, 0.25) is 0 Å². The quantitative estimate of drug-likeness (QED) is 0.792. The SMILES string of the molecule is Cn1c(C2CCCO2)nc2c(N)nc(OCc3ccccc3)nc21. The van der Waals surface area contributed by atoms with E-state index >= 15 is 0 Å². The van der Waals surface area contributed by atoms with Crippen LogP contribution >= 0.6 is 0 Å². The minimum atomic E-state index is -0.00251. The molecule has 0 radical (unpaired) electrons. The third-order valence-corrected chi connectivity index (χ3v) is 4.19. The predicted molar refractivity (Wildman–Crippen MR) is 89.4 cm³/mol. The lowest BCUT2D eigenvalue weighted by Crippen LogP contribution is -2.06. The molecule has 1 saturated heterocycles. The molecule has 0 spiro atoms. The summed E-state index contributed by atoms with van der Waals surface area (Å²) in [5.41, 5.74) is 8.36. The van der Waals surface area contributed by atoms with Gasteiger partial charge in [0.2, 0.25) is 0 Å². The molecule has 3 aromatic rings. The fourth-order valence-electron chi connectivity index (χ4n) is 2.93. The summed E-state index contributed by atoms with van der Waals surface area (Å²) in [5.74, 6) is 1.16. The molecule has 24 heavy (non-hydrogen) atoms. The first-order valence-electron chi connectivity index (χ1n) is 8.00. The number of aromatic nitrogens is 4. The second-order valence-corrected chi connectivity index (χ2v) is 5.87. The first-order chi connectivity index (χ1) is 11.7. The number of rotatable bonds is 4. The zero-order chi connectivity index (χ0) is 16.5. The molecule has 1 aliphatic rings. The molecular formula is C17H19N5O2. The van der Waals surface area contributed by atoms with Gasteiger partial charge >= 0.3 is 6.01 Å². The summed E-state index contributed by atoms with van der Waals surface area (Å²) in [6, 6.07) is 10.1. The Kier molecular flexibility index (Phi) is 3.78. The number of fused-ring (bicyclic) bond motifs is 1. The third kappa shape index (κ3) is 2.67. The van der Waals surface area contributed by atoms with Crippen LogP contribution in [-0.4, -0.2) is 26.1 Å². The van der Waals surface area contributed by atoms with Gasteiger partial charge in [-0.2, -0.15) is 9.97 Å². The Morgan fingerprint density at radius 1 is 1.25 bits per heavy atom. The van der Waals surface area contributed by atoms with E-state index in [0.29, 0.717) is 23.6 Å². The van der Waals surface area contributed by atoms with Gasteiger partial charge in [-0.05, 0) is 18.4 Å². The van der Waals surface area contributed by atoms with Crippen LogP contribution in [0, 0.1) is 0 Å². The van der Waals surface area contributed by atoms with Crippen molar-refractivity contribution in [3.63, 3.8) is 0 Å². The van der Waals surface area contributed by atoms with Crippen molar-refractivity contribution < 1.29 is 9.47 Å². The van der Waals surface area contributed by atoms with Crippen molar-refractivity contribution in [2.45, 2.75) is 25.6 Å². The van der Waals surface area contributed by atoms with E-state index in [9.17, 15) is 0 Å². The lowest BCUT2D eigenvalue weighted by molar-refractivity contribution is 0.103. The fourth-order valence-corrected chi connectivity index (χ4v) is 2.93. The van der Waals surface area contributed by atoms with Gasteiger partial charge in [0.25, 0.3) is 0 Å². The molecule has 7 heteroatoms. The molecule has 0 saturated carbocycles. The van der Waals surface area contributed by atoms with Gasteiger partial charge in [0.15, 0.2) is 17.0 Å². The van der Waals surface area contributed by atoms with Gasteiger partial charge in [-0.1, -0.05) is 30.3 Å². The number of imidazole rings is 1. The summed E-state index contributed by atoms with van der Waals surface area (Å²) < 4.78 is 13.3.